The summed E-state index contributed by atoms with van der Waals surface area (Å²) in [4.78, 5) is 21.4. The summed E-state index contributed by atoms with van der Waals surface area (Å²) in [6, 6.07) is 23.3. The van der Waals surface area contributed by atoms with Crippen molar-refractivity contribution in [2.24, 2.45) is 22.9 Å². The van der Waals surface area contributed by atoms with Gasteiger partial charge < -0.3 is 43.8 Å². The Morgan fingerprint density at radius 2 is 1.62 bits per heavy atom. The molecule has 61 heavy (non-hydrogen) atoms. The van der Waals surface area contributed by atoms with Crippen molar-refractivity contribution in [3.63, 3.8) is 0 Å². The molecule has 0 unspecified atom stereocenters. The monoisotopic (exact) mass is 838 g/mol. The van der Waals surface area contributed by atoms with E-state index >= 15 is 0 Å². The van der Waals surface area contributed by atoms with Crippen molar-refractivity contribution in [2.75, 3.05) is 59.9 Å². The Balaban J connectivity index is 1.51. The fraction of sp³-hybridized carbons (Fsp3) is 0.469. The third-order valence-electron chi connectivity index (χ3n) is 11.9. The van der Waals surface area contributed by atoms with Gasteiger partial charge in [0.15, 0.2) is 0 Å². The Morgan fingerprint density at radius 3 is 2.33 bits per heavy atom. The number of hydrogen-bond acceptors (Lipinski definition) is 11. The second kappa shape index (κ2) is 22.7. The van der Waals surface area contributed by atoms with E-state index < -0.39 is 23.8 Å². The molecular formula is C49H62N2O10. The fourth-order valence-corrected chi connectivity index (χ4v) is 9.32. The largest absolute Gasteiger partial charge is 0.459 e. The summed E-state index contributed by atoms with van der Waals surface area (Å²) >= 11 is 0. The highest BCUT2D eigenvalue weighted by molar-refractivity contribution is 6.03. The fourth-order valence-electron chi connectivity index (χ4n) is 9.32. The van der Waals surface area contributed by atoms with Crippen LogP contribution in [0.3, 0.4) is 0 Å². The van der Waals surface area contributed by atoms with Gasteiger partial charge in [-0.25, -0.2) is 4.79 Å². The molecule has 1 fully saturated rings. The van der Waals surface area contributed by atoms with Crippen LogP contribution in [0.25, 0.3) is 11.1 Å². The first-order valence-corrected chi connectivity index (χ1v) is 21.6. The van der Waals surface area contributed by atoms with E-state index in [4.69, 9.17) is 28.5 Å². The van der Waals surface area contributed by atoms with Gasteiger partial charge in [0.2, 0.25) is 5.79 Å². The summed E-state index contributed by atoms with van der Waals surface area (Å²) in [6.45, 7) is 8.40. The van der Waals surface area contributed by atoms with Gasteiger partial charge in [-0.3, -0.25) is 4.90 Å². The molecule has 1 saturated carbocycles. The molecular weight excluding hydrogens is 777 g/mol. The second-order valence-electron chi connectivity index (χ2n) is 15.7. The van der Waals surface area contributed by atoms with Crippen LogP contribution in [0.1, 0.15) is 62.8 Å². The molecule has 0 radical (unpaired) electrons. The van der Waals surface area contributed by atoms with Crippen LogP contribution in [-0.2, 0) is 19.0 Å². The van der Waals surface area contributed by atoms with Crippen molar-refractivity contribution in [1.29, 1.82) is 0 Å². The van der Waals surface area contributed by atoms with Gasteiger partial charge in [0.25, 0.3) is 0 Å². The number of carbonyl (C=O) groups is 1. The van der Waals surface area contributed by atoms with Crippen molar-refractivity contribution in [2.45, 2.75) is 69.1 Å². The van der Waals surface area contributed by atoms with Crippen LogP contribution < -0.4 is 9.47 Å². The van der Waals surface area contributed by atoms with Crippen molar-refractivity contribution in [1.82, 2.24) is 4.90 Å². The lowest BCUT2D eigenvalue weighted by atomic mass is 9.55. The zero-order valence-electron chi connectivity index (χ0n) is 35.4. The number of aliphatic hydroxyl groups excluding tert-OH is 3. The van der Waals surface area contributed by atoms with Crippen LogP contribution in [0.4, 0.5) is 4.79 Å². The first-order chi connectivity index (χ1) is 29.9. The van der Waals surface area contributed by atoms with E-state index in [9.17, 15) is 20.1 Å². The number of fused-ring (bicyclic) bond motifs is 2. The third-order valence-corrected chi connectivity index (χ3v) is 11.9. The Bertz CT molecular complexity index is 1930. The minimum absolute atomic E-state index is 0.0391. The van der Waals surface area contributed by atoms with Crippen LogP contribution in [0.2, 0.25) is 0 Å². The molecule has 3 aromatic rings. The van der Waals surface area contributed by atoms with Gasteiger partial charge in [0, 0.05) is 37.7 Å². The minimum atomic E-state index is -1.46. The van der Waals surface area contributed by atoms with Gasteiger partial charge in [0.05, 0.1) is 44.7 Å². The van der Waals surface area contributed by atoms with Gasteiger partial charge in [0.1, 0.15) is 30.4 Å². The molecule has 1 heterocycles. The lowest BCUT2D eigenvalue weighted by Crippen LogP contribution is -2.70. The van der Waals surface area contributed by atoms with E-state index in [2.05, 4.69) is 42.6 Å². The Hall–Kier alpha value is -4.98. The lowest BCUT2D eigenvalue weighted by Gasteiger charge is -2.59. The van der Waals surface area contributed by atoms with Gasteiger partial charge in [-0.2, -0.15) is 0 Å². The number of nitrogens with zero attached hydrogens (tertiary/aromatic N) is 2. The number of carbonyl (C=O) groups excluding carboxylic acids is 1. The highest BCUT2D eigenvalue weighted by Crippen LogP contribution is 2.62. The number of amides is 1. The molecule has 3 aliphatic rings. The Labute approximate surface area is 360 Å². The molecule has 12 nitrogen and oxygen atoms in total. The first kappa shape index (κ1) is 45.5. The second-order valence-corrected chi connectivity index (χ2v) is 15.7. The van der Waals surface area contributed by atoms with Gasteiger partial charge in [-0.1, -0.05) is 78.7 Å². The van der Waals surface area contributed by atoms with Crippen LogP contribution >= 0.6 is 0 Å². The molecule has 1 aliphatic heterocycles. The molecule has 0 bridgehead atoms. The van der Waals surface area contributed by atoms with Crippen LogP contribution in [-0.4, -0.2) is 104 Å². The molecule has 12 heteroatoms. The zero-order chi connectivity index (χ0) is 43.0. The maximum Gasteiger partial charge on any atom is 0.410 e. The normalized spacial score (nSPS) is 23.2. The van der Waals surface area contributed by atoms with Gasteiger partial charge in [-0.15, -0.1) is 13.2 Å². The molecule has 6 rings (SSSR count). The molecule has 0 spiro atoms. The van der Waals surface area contributed by atoms with E-state index in [0.29, 0.717) is 42.2 Å². The van der Waals surface area contributed by atoms with Crippen molar-refractivity contribution >= 4 is 11.8 Å². The number of aliphatic hydroxyl groups is 3. The summed E-state index contributed by atoms with van der Waals surface area (Å²) in [5.74, 6) is -0.141. The number of hydrogen-bond donors (Lipinski definition) is 3. The summed E-state index contributed by atoms with van der Waals surface area (Å²) in [7, 11) is 1.52. The molecule has 0 aromatic heterocycles. The summed E-state index contributed by atoms with van der Waals surface area (Å²) in [5.41, 5.74) is 4.73. The maximum absolute atomic E-state index is 14.3. The van der Waals surface area contributed by atoms with E-state index in [1.165, 1.54) is 7.11 Å². The molecule has 328 valence electrons. The smallest absolute Gasteiger partial charge is 0.410 e. The summed E-state index contributed by atoms with van der Waals surface area (Å²) in [5, 5.41) is 33.9. The van der Waals surface area contributed by atoms with Crippen LogP contribution in [0, 0.1) is 17.8 Å². The zero-order valence-corrected chi connectivity index (χ0v) is 35.4. The number of allylic oxidation sites excluding steroid dienone is 1. The molecule has 1 amide bonds. The summed E-state index contributed by atoms with van der Waals surface area (Å²) < 4.78 is 32.4. The third kappa shape index (κ3) is 10.7. The van der Waals surface area contributed by atoms with E-state index in [1.54, 1.807) is 17.1 Å². The quantitative estimate of drug-likeness (QED) is 0.0456. The number of oxime groups is 1. The predicted molar refractivity (Wildman–Crippen MR) is 235 cm³/mol. The van der Waals surface area contributed by atoms with E-state index in [1.807, 2.05) is 54.6 Å². The molecule has 6 atom stereocenters. The SMILES string of the molecule is C=CCCOC(=O)N(CCOCCO)[C@H]1CC(=NOC)C2=C[C@H](CCCCO)[C@@H](CCCCO)[C@@H]3c4cc(Oc5ccc(-c6ccccc6)cc5)ccc4O[C@@]1(OCC=C)[C@H]23. The molecule has 3 N–H and O–H groups in total. The molecule has 3 aromatic carbocycles. The number of ether oxygens (including phenoxy) is 5. The van der Waals surface area contributed by atoms with Gasteiger partial charge >= 0.3 is 6.09 Å². The van der Waals surface area contributed by atoms with Crippen molar-refractivity contribution in [3.8, 4) is 28.4 Å². The minimum Gasteiger partial charge on any atom is -0.459 e. The van der Waals surface area contributed by atoms with E-state index in [-0.39, 0.29) is 77.0 Å². The first-order valence-electron chi connectivity index (χ1n) is 21.6. The lowest BCUT2D eigenvalue weighted by molar-refractivity contribution is -0.256. The van der Waals surface area contributed by atoms with Gasteiger partial charge in [-0.05, 0) is 91.0 Å². The van der Waals surface area contributed by atoms with Crippen LogP contribution in [0.15, 0.2) is 115 Å². The number of benzene rings is 3. The Morgan fingerprint density at radius 1 is 0.885 bits per heavy atom. The Kier molecular flexibility index (Phi) is 17.0. The number of unbranched alkanes of at least 4 members (excludes halogenated alkanes) is 2. The number of rotatable bonds is 24. The van der Waals surface area contributed by atoms with Crippen LogP contribution in [0.5, 0.6) is 17.2 Å². The van der Waals surface area contributed by atoms with Crippen molar-refractivity contribution < 1.29 is 48.6 Å². The topological polar surface area (TPSA) is 149 Å². The average Bonchev–Trinajstić information content (AvgIpc) is 3.28. The standard InChI is InChI=1S/C49H62N2O10/c1-4-6-29-58-48(55)51(24-30-57-31-27-54)45-34-43(50-56-3)41-32-37(16-10-12-25-52)40(17-11-13-26-53)46-42-33-39(22-23-44(42)61-49(45,47(41)46)59-28-5-2)60-38-20-18-36(19-21-38)35-14-8-7-9-15-35/h4-5,7-9,14-15,18-23,32-33,37,40,45-47,52-54H,1-2,6,10-13,16-17,24-31,34H2,3H3/t37-,40+,45-,46+,47+,49+/m0/s1. The maximum atomic E-state index is 14.3. The average molecular weight is 839 g/mol. The predicted octanol–water partition coefficient (Wildman–Crippen LogP) is 8.43. The summed E-state index contributed by atoms with van der Waals surface area (Å²) in [6.07, 6.45) is 10.3. The van der Waals surface area contributed by atoms with Crippen molar-refractivity contribution in [3.05, 3.63) is 115 Å². The highest BCUT2D eigenvalue weighted by Gasteiger charge is 2.65. The van der Waals surface area contributed by atoms with E-state index in [0.717, 1.165) is 47.9 Å². The highest BCUT2D eigenvalue weighted by atomic mass is 16.7. The molecule has 2 aliphatic carbocycles. The molecule has 0 saturated heterocycles.